The summed E-state index contributed by atoms with van der Waals surface area (Å²) in [6.07, 6.45) is 9.62. The molecule has 1 saturated carbocycles. The van der Waals surface area contributed by atoms with E-state index in [2.05, 4.69) is 29.5 Å². The molecule has 2 unspecified atom stereocenters. The fourth-order valence-corrected chi connectivity index (χ4v) is 3.11. The Labute approximate surface area is 114 Å². The van der Waals surface area contributed by atoms with Gasteiger partial charge in [0.25, 0.3) is 0 Å². The average molecular weight is 340 g/mol. The molecule has 0 aromatic heterocycles. The third kappa shape index (κ3) is 6.40. The van der Waals surface area contributed by atoms with E-state index >= 15 is 0 Å². The quantitative estimate of drug-likeness (QED) is 0.414. The van der Waals surface area contributed by atoms with Crippen LogP contribution in [0.1, 0.15) is 51.9 Å². The van der Waals surface area contributed by atoms with Gasteiger partial charge in [-0.3, -0.25) is 0 Å². The summed E-state index contributed by atoms with van der Waals surface area (Å²) in [5.41, 5.74) is 0. The van der Waals surface area contributed by atoms with Crippen molar-refractivity contribution in [2.24, 2.45) is 0 Å². The minimum atomic E-state index is 0.464. The lowest BCUT2D eigenvalue weighted by Crippen LogP contribution is -2.27. The van der Waals surface area contributed by atoms with Crippen LogP contribution in [0.15, 0.2) is 0 Å². The van der Waals surface area contributed by atoms with E-state index in [4.69, 9.17) is 9.47 Å². The zero-order chi connectivity index (χ0) is 11.6. The molecule has 0 aromatic rings. The molecule has 0 spiro atoms. The molecule has 1 rings (SSSR count). The lowest BCUT2D eigenvalue weighted by Gasteiger charge is -2.25. The van der Waals surface area contributed by atoms with Crippen LogP contribution < -0.4 is 0 Å². The van der Waals surface area contributed by atoms with Gasteiger partial charge in [-0.2, -0.15) is 0 Å². The van der Waals surface area contributed by atoms with Crippen molar-refractivity contribution >= 4 is 22.6 Å². The minimum Gasteiger partial charge on any atom is -0.379 e. The first kappa shape index (κ1) is 14.7. The van der Waals surface area contributed by atoms with Gasteiger partial charge in [0.1, 0.15) is 0 Å². The maximum atomic E-state index is 5.94. The molecule has 0 aliphatic heterocycles. The van der Waals surface area contributed by atoms with Crippen molar-refractivity contribution in [2.45, 2.75) is 61.9 Å². The number of hydrogen-bond acceptors (Lipinski definition) is 2. The van der Waals surface area contributed by atoms with Crippen LogP contribution in [0.5, 0.6) is 0 Å². The molecule has 16 heavy (non-hydrogen) atoms. The first-order valence-corrected chi connectivity index (χ1v) is 7.92. The number of rotatable bonds is 6. The molecule has 0 saturated heterocycles. The Hall–Kier alpha value is 0.650. The first-order valence-electron chi connectivity index (χ1n) is 6.68. The Balaban J connectivity index is 2.11. The summed E-state index contributed by atoms with van der Waals surface area (Å²) >= 11 is 2.56. The maximum absolute atomic E-state index is 5.94. The van der Waals surface area contributed by atoms with Crippen molar-refractivity contribution in [2.75, 3.05) is 19.8 Å². The summed E-state index contributed by atoms with van der Waals surface area (Å²) < 4.78 is 12.1. The Bertz CT molecular complexity index is 164. The van der Waals surface area contributed by atoms with Crippen molar-refractivity contribution in [1.29, 1.82) is 0 Å². The minimum absolute atomic E-state index is 0.464. The number of ether oxygens (including phenoxy) is 2. The van der Waals surface area contributed by atoms with Gasteiger partial charge in [-0.25, -0.2) is 0 Å². The third-order valence-corrected chi connectivity index (χ3v) is 4.45. The smallest absolute Gasteiger partial charge is 0.0704 e. The molecule has 1 fully saturated rings. The summed E-state index contributed by atoms with van der Waals surface area (Å²) in [5.74, 6) is 0. The Morgan fingerprint density at radius 1 is 1.00 bits per heavy atom. The van der Waals surface area contributed by atoms with Crippen molar-refractivity contribution in [1.82, 2.24) is 0 Å². The lowest BCUT2D eigenvalue weighted by atomic mass is 9.98. The molecule has 0 amide bonds. The van der Waals surface area contributed by atoms with Gasteiger partial charge in [0.15, 0.2) is 0 Å². The molecule has 2 atom stereocenters. The largest absolute Gasteiger partial charge is 0.379 e. The van der Waals surface area contributed by atoms with Gasteiger partial charge < -0.3 is 9.47 Å². The van der Waals surface area contributed by atoms with E-state index in [9.17, 15) is 0 Å². The van der Waals surface area contributed by atoms with E-state index in [1.807, 2.05) is 0 Å². The fraction of sp³-hybridized carbons (Fsp3) is 1.00. The van der Waals surface area contributed by atoms with Gasteiger partial charge in [0.2, 0.25) is 0 Å². The lowest BCUT2D eigenvalue weighted by molar-refractivity contribution is -0.000638. The number of halogens is 1. The molecule has 0 N–H and O–H groups in total. The van der Waals surface area contributed by atoms with Crippen molar-refractivity contribution in [3.05, 3.63) is 0 Å². The molecule has 0 heterocycles. The van der Waals surface area contributed by atoms with Crippen LogP contribution in [0.3, 0.4) is 0 Å². The maximum Gasteiger partial charge on any atom is 0.0704 e. The Morgan fingerprint density at radius 2 is 1.75 bits per heavy atom. The monoisotopic (exact) mass is 340 g/mol. The summed E-state index contributed by atoms with van der Waals surface area (Å²) in [4.78, 5) is 0. The van der Waals surface area contributed by atoms with Crippen LogP contribution in [0.4, 0.5) is 0 Å². The van der Waals surface area contributed by atoms with Gasteiger partial charge >= 0.3 is 0 Å². The van der Waals surface area contributed by atoms with Crippen LogP contribution in [0.25, 0.3) is 0 Å². The van der Waals surface area contributed by atoms with Gasteiger partial charge in [-0.15, -0.1) is 0 Å². The van der Waals surface area contributed by atoms with E-state index in [1.54, 1.807) is 0 Å². The summed E-state index contributed by atoms with van der Waals surface area (Å²) in [6.45, 7) is 4.52. The van der Waals surface area contributed by atoms with Gasteiger partial charge in [-0.05, 0) is 19.3 Å². The predicted octanol–water partition coefficient (Wildman–Crippen LogP) is 3.96. The Kier molecular flexibility index (Phi) is 8.88. The highest BCUT2D eigenvalue weighted by molar-refractivity contribution is 14.1. The highest BCUT2D eigenvalue weighted by Gasteiger charge is 2.20. The van der Waals surface area contributed by atoms with Crippen molar-refractivity contribution in [3.63, 3.8) is 0 Å². The SMILES string of the molecule is CCCOCCOC1CCCCCCC1I. The van der Waals surface area contributed by atoms with E-state index in [1.165, 1.54) is 38.5 Å². The molecule has 96 valence electrons. The van der Waals surface area contributed by atoms with Gasteiger partial charge in [0.05, 0.1) is 19.3 Å². The van der Waals surface area contributed by atoms with E-state index < -0.39 is 0 Å². The zero-order valence-electron chi connectivity index (χ0n) is 10.4. The molecular weight excluding hydrogens is 315 g/mol. The molecule has 1 aliphatic rings. The second-order valence-electron chi connectivity index (χ2n) is 4.53. The van der Waals surface area contributed by atoms with Crippen LogP contribution >= 0.6 is 22.6 Å². The fourth-order valence-electron chi connectivity index (χ4n) is 2.10. The number of alkyl halides is 1. The highest BCUT2D eigenvalue weighted by atomic mass is 127. The highest BCUT2D eigenvalue weighted by Crippen LogP contribution is 2.25. The normalized spacial score (nSPS) is 27.4. The second kappa shape index (κ2) is 9.66. The average Bonchev–Trinajstić information content (AvgIpc) is 2.27. The van der Waals surface area contributed by atoms with Crippen LogP contribution in [0.2, 0.25) is 0 Å². The van der Waals surface area contributed by atoms with Gasteiger partial charge in [0, 0.05) is 10.5 Å². The van der Waals surface area contributed by atoms with Gasteiger partial charge in [-0.1, -0.05) is 55.2 Å². The van der Waals surface area contributed by atoms with E-state index in [-0.39, 0.29) is 0 Å². The summed E-state index contributed by atoms with van der Waals surface area (Å²) in [7, 11) is 0. The van der Waals surface area contributed by atoms with Crippen LogP contribution in [0, 0.1) is 0 Å². The first-order chi connectivity index (χ1) is 7.84. The predicted molar refractivity (Wildman–Crippen MR) is 76.4 cm³/mol. The van der Waals surface area contributed by atoms with Crippen LogP contribution in [-0.4, -0.2) is 29.8 Å². The molecule has 0 radical (unpaired) electrons. The summed E-state index contributed by atoms with van der Waals surface area (Å²) in [6, 6.07) is 0. The molecule has 0 bridgehead atoms. The standard InChI is InChI=1S/C13H25IO2/c1-2-9-15-10-11-16-13-8-6-4-3-5-7-12(13)14/h12-13H,2-11H2,1H3. The molecule has 0 aromatic carbocycles. The van der Waals surface area contributed by atoms with E-state index in [0.717, 1.165) is 26.2 Å². The third-order valence-electron chi connectivity index (χ3n) is 3.03. The van der Waals surface area contributed by atoms with Crippen molar-refractivity contribution < 1.29 is 9.47 Å². The van der Waals surface area contributed by atoms with Crippen LogP contribution in [-0.2, 0) is 9.47 Å². The Morgan fingerprint density at radius 3 is 2.50 bits per heavy atom. The molecule has 3 heteroatoms. The number of hydrogen-bond donors (Lipinski definition) is 0. The summed E-state index contributed by atoms with van der Waals surface area (Å²) in [5, 5.41) is 0. The molecular formula is C13H25IO2. The van der Waals surface area contributed by atoms with Crippen molar-refractivity contribution in [3.8, 4) is 0 Å². The topological polar surface area (TPSA) is 18.5 Å². The second-order valence-corrected chi connectivity index (χ2v) is 6.13. The zero-order valence-corrected chi connectivity index (χ0v) is 12.6. The molecule has 1 aliphatic carbocycles. The van der Waals surface area contributed by atoms with E-state index in [0.29, 0.717) is 10.0 Å². The molecule has 2 nitrogen and oxygen atoms in total.